The molecule has 1 saturated heterocycles. The number of halogens is 1. The summed E-state index contributed by atoms with van der Waals surface area (Å²) in [5.74, 6) is 0. The van der Waals surface area contributed by atoms with Crippen molar-refractivity contribution < 1.29 is 0 Å². The van der Waals surface area contributed by atoms with E-state index in [1.54, 1.807) is 0 Å². The van der Waals surface area contributed by atoms with E-state index in [2.05, 4.69) is 36.2 Å². The Morgan fingerprint density at radius 2 is 2.05 bits per heavy atom. The summed E-state index contributed by atoms with van der Waals surface area (Å²) in [5, 5.41) is 4.66. The van der Waals surface area contributed by atoms with Crippen LogP contribution in [-0.2, 0) is 0 Å². The van der Waals surface area contributed by atoms with Gasteiger partial charge in [-0.05, 0) is 63.0 Å². The van der Waals surface area contributed by atoms with Crippen molar-refractivity contribution in [3.8, 4) is 0 Å². The molecule has 1 N–H and O–H groups in total. The topological polar surface area (TPSA) is 15.3 Å². The maximum Gasteiger partial charge on any atom is 0.0409 e. The number of hydrogen-bond donors (Lipinski definition) is 1. The number of rotatable bonds is 6. The Labute approximate surface area is 128 Å². The zero-order valence-corrected chi connectivity index (χ0v) is 13.5. The fraction of sp³-hybridized carbons (Fsp3) is 0.647. The minimum atomic E-state index is 0.427. The number of nitrogens with one attached hydrogen (secondary N) is 1. The van der Waals surface area contributed by atoms with Crippen LogP contribution >= 0.6 is 11.6 Å². The Morgan fingerprint density at radius 1 is 1.30 bits per heavy atom. The molecule has 0 amide bonds. The number of nitrogens with zero attached hydrogens (tertiary/aromatic N) is 1. The van der Waals surface area contributed by atoms with E-state index in [1.165, 1.54) is 44.5 Å². The molecule has 3 heteroatoms. The SMILES string of the molecule is CCCN1CCC(NC(CC)c2cccc(Cl)c2)CC1. The summed E-state index contributed by atoms with van der Waals surface area (Å²) < 4.78 is 0. The van der Waals surface area contributed by atoms with Crippen molar-refractivity contribution in [3.63, 3.8) is 0 Å². The fourth-order valence-corrected chi connectivity index (χ4v) is 3.30. The lowest BCUT2D eigenvalue weighted by molar-refractivity contribution is 0.190. The molecule has 0 aliphatic carbocycles. The molecule has 1 fully saturated rings. The molecule has 0 radical (unpaired) electrons. The van der Waals surface area contributed by atoms with Crippen molar-refractivity contribution in [3.05, 3.63) is 34.9 Å². The van der Waals surface area contributed by atoms with Gasteiger partial charge in [-0.1, -0.05) is 37.6 Å². The Bertz CT molecular complexity index is 400. The Hall–Kier alpha value is -0.570. The number of benzene rings is 1. The van der Waals surface area contributed by atoms with Crippen LogP contribution in [0.2, 0.25) is 5.02 Å². The smallest absolute Gasteiger partial charge is 0.0409 e. The van der Waals surface area contributed by atoms with Crippen LogP contribution in [0.5, 0.6) is 0 Å². The van der Waals surface area contributed by atoms with Crippen molar-refractivity contribution in [2.75, 3.05) is 19.6 Å². The summed E-state index contributed by atoms with van der Waals surface area (Å²) in [4.78, 5) is 2.58. The minimum absolute atomic E-state index is 0.427. The van der Waals surface area contributed by atoms with Gasteiger partial charge < -0.3 is 10.2 Å². The number of likely N-dealkylation sites (tertiary alicyclic amines) is 1. The second-order valence-corrected chi connectivity index (χ2v) is 6.23. The van der Waals surface area contributed by atoms with Gasteiger partial charge in [-0.15, -0.1) is 0 Å². The van der Waals surface area contributed by atoms with Gasteiger partial charge in [-0.2, -0.15) is 0 Å². The average Bonchev–Trinajstić information content (AvgIpc) is 2.47. The van der Waals surface area contributed by atoms with Crippen LogP contribution in [0.25, 0.3) is 0 Å². The number of piperidine rings is 1. The van der Waals surface area contributed by atoms with Gasteiger partial charge in [0.15, 0.2) is 0 Å². The first-order valence-corrected chi connectivity index (χ1v) is 8.34. The maximum atomic E-state index is 6.11. The van der Waals surface area contributed by atoms with E-state index in [9.17, 15) is 0 Å². The van der Waals surface area contributed by atoms with Crippen molar-refractivity contribution in [2.45, 2.75) is 51.6 Å². The maximum absolute atomic E-state index is 6.11. The summed E-state index contributed by atoms with van der Waals surface area (Å²) in [6.07, 6.45) is 4.89. The van der Waals surface area contributed by atoms with Crippen LogP contribution in [0.15, 0.2) is 24.3 Å². The van der Waals surface area contributed by atoms with Gasteiger partial charge in [-0.25, -0.2) is 0 Å². The first-order chi connectivity index (χ1) is 9.72. The molecule has 2 nitrogen and oxygen atoms in total. The summed E-state index contributed by atoms with van der Waals surface area (Å²) in [5.41, 5.74) is 1.32. The predicted molar refractivity (Wildman–Crippen MR) is 87.4 cm³/mol. The minimum Gasteiger partial charge on any atom is -0.307 e. The van der Waals surface area contributed by atoms with Crippen molar-refractivity contribution in [2.24, 2.45) is 0 Å². The van der Waals surface area contributed by atoms with Gasteiger partial charge >= 0.3 is 0 Å². The molecular formula is C17H27ClN2. The lowest BCUT2D eigenvalue weighted by Gasteiger charge is -2.34. The quantitative estimate of drug-likeness (QED) is 0.843. The third kappa shape index (κ3) is 4.47. The molecule has 0 aromatic heterocycles. The van der Waals surface area contributed by atoms with E-state index in [1.807, 2.05) is 12.1 Å². The lowest BCUT2D eigenvalue weighted by atomic mass is 9.99. The zero-order chi connectivity index (χ0) is 14.4. The largest absolute Gasteiger partial charge is 0.307 e. The third-order valence-electron chi connectivity index (χ3n) is 4.22. The normalized spacial score (nSPS) is 19.1. The molecule has 1 atom stereocenters. The zero-order valence-electron chi connectivity index (χ0n) is 12.7. The molecule has 2 rings (SSSR count). The van der Waals surface area contributed by atoms with Crippen molar-refractivity contribution >= 4 is 11.6 Å². The highest BCUT2D eigenvalue weighted by Gasteiger charge is 2.21. The van der Waals surface area contributed by atoms with Gasteiger partial charge in [-0.3, -0.25) is 0 Å². The highest BCUT2D eigenvalue weighted by atomic mass is 35.5. The summed E-state index contributed by atoms with van der Waals surface area (Å²) >= 11 is 6.11. The van der Waals surface area contributed by atoms with Crippen LogP contribution in [-0.4, -0.2) is 30.6 Å². The molecule has 0 spiro atoms. The van der Waals surface area contributed by atoms with Gasteiger partial charge in [0.25, 0.3) is 0 Å². The first kappa shape index (κ1) is 15.8. The molecule has 1 heterocycles. The summed E-state index contributed by atoms with van der Waals surface area (Å²) in [7, 11) is 0. The third-order valence-corrected chi connectivity index (χ3v) is 4.46. The highest BCUT2D eigenvalue weighted by Crippen LogP contribution is 2.23. The highest BCUT2D eigenvalue weighted by molar-refractivity contribution is 6.30. The average molecular weight is 295 g/mol. The standard InChI is InChI=1S/C17H27ClN2/c1-3-10-20-11-8-16(9-12-20)19-17(4-2)14-6-5-7-15(18)13-14/h5-7,13,16-17,19H,3-4,8-12H2,1-2H3. The molecule has 1 aliphatic rings. The van der Waals surface area contributed by atoms with Crippen LogP contribution in [0, 0.1) is 0 Å². The molecule has 20 heavy (non-hydrogen) atoms. The molecule has 112 valence electrons. The van der Waals surface area contributed by atoms with Crippen LogP contribution in [0.4, 0.5) is 0 Å². The van der Waals surface area contributed by atoms with Crippen LogP contribution < -0.4 is 5.32 Å². The summed E-state index contributed by atoms with van der Waals surface area (Å²) in [6.45, 7) is 8.22. The molecule has 1 unspecified atom stereocenters. The second kappa shape index (κ2) is 8.02. The Kier molecular flexibility index (Phi) is 6.34. The van der Waals surface area contributed by atoms with Crippen LogP contribution in [0.1, 0.15) is 51.1 Å². The lowest BCUT2D eigenvalue weighted by Crippen LogP contribution is -2.43. The monoisotopic (exact) mass is 294 g/mol. The molecule has 1 aromatic carbocycles. The second-order valence-electron chi connectivity index (χ2n) is 5.80. The fourth-order valence-electron chi connectivity index (χ4n) is 3.10. The van der Waals surface area contributed by atoms with E-state index < -0.39 is 0 Å². The Morgan fingerprint density at radius 3 is 2.65 bits per heavy atom. The van der Waals surface area contributed by atoms with Gasteiger partial charge in [0, 0.05) is 17.1 Å². The van der Waals surface area contributed by atoms with Crippen LogP contribution in [0.3, 0.4) is 0 Å². The molecule has 1 aromatic rings. The molecule has 0 saturated carbocycles. The van der Waals surface area contributed by atoms with E-state index in [0.29, 0.717) is 12.1 Å². The molecule has 1 aliphatic heterocycles. The van der Waals surface area contributed by atoms with E-state index in [0.717, 1.165) is 11.4 Å². The first-order valence-electron chi connectivity index (χ1n) is 7.96. The van der Waals surface area contributed by atoms with E-state index >= 15 is 0 Å². The van der Waals surface area contributed by atoms with Crippen molar-refractivity contribution in [1.82, 2.24) is 10.2 Å². The number of hydrogen-bond acceptors (Lipinski definition) is 2. The van der Waals surface area contributed by atoms with E-state index in [-0.39, 0.29) is 0 Å². The van der Waals surface area contributed by atoms with Crippen molar-refractivity contribution in [1.29, 1.82) is 0 Å². The Balaban J connectivity index is 1.88. The van der Waals surface area contributed by atoms with Gasteiger partial charge in [0.1, 0.15) is 0 Å². The van der Waals surface area contributed by atoms with Gasteiger partial charge in [0.2, 0.25) is 0 Å². The molecule has 0 bridgehead atoms. The predicted octanol–water partition coefficient (Wildman–Crippen LogP) is 4.26. The summed E-state index contributed by atoms with van der Waals surface area (Å²) in [6, 6.07) is 9.34. The van der Waals surface area contributed by atoms with Gasteiger partial charge in [0.05, 0.1) is 0 Å². The van der Waals surface area contributed by atoms with E-state index in [4.69, 9.17) is 11.6 Å². The molecular weight excluding hydrogens is 268 g/mol.